The van der Waals surface area contributed by atoms with Crippen LogP contribution in [0.1, 0.15) is 27.4 Å². The molecule has 0 radical (unpaired) electrons. The molecule has 0 bridgehead atoms. The van der Waals surface area contributed by atoms with E-state index in [1.165, 1.54) is 6.20 Å². The molecule has 1 aromatic heterocycles. The van der Waals surface area contributed by atoms with E-state index in [2.05, 4.69) is 15.3 Å². The molecule has 3 rings (SSSR count). The monoisotopic (exact) mass is 428 g/mol. The summed E-state index contributed by atoms with van der Waals surface area (Å²) in [7, 11) is 0. The standard InChI is InChI=1S/C18H13Cl2F3N4O/c19-11-2-1-3-12(20)10(11)7-16-25-8-15(26-16)17(28)27-14-6-9(18(21,22)23)4-5-13(14)24/h1-6,8H,7,24H2,(H,25,26)(H,27,28). The van der Waals surface area contributed by atoms with Gasteiger partial charge in [0.05, 0.1) is 16.9 Å². The van der Waals surface area contributed by atoms with E-state index in [1.807, 2.05) is 0 Å². The van der Waals surface area contributed by atoms with Crippen LogP contribution in [0.4, 0.5) is 24.5 Å². The van der Waals surface area contributed by atoms with Crippen molar-refractivity contribution in [3.8, 4) is 0 Å². The quantitative estimate of drug-likeness (QED) is 0.501. The predicted molar refractivity (Wildman–Crippen MR) is 102 cm³/mol. The van der Waals surface area contributed by atoms with Crippen molar-refractivity contribution in [2.75, 3.05) is 11.1 Å². The fourth-order valence-corrected chi connectivity index (χ4v) is 3.00. The number of nitrogens with one attached hydrogen (secondary N) is 2. The van der Waals surface area contributed by atoms with Crippen LogP contribution >= 0.6 is 23.2 Å². The maximum absolute atomic E-state index is 12.8. The number of aromatic amines is 1. The lowest BCUT2D eigenvalue weighted by Gasteiger charge is -2.11. The highest BCUT2D eigenvalue weighted by Gasteiger charge is 2.31. The van der Waals surface area contributed by atoms with Gasteiger partial charge in [-0.3, -0.25) is 4.79 Å². The molecule has 5 nitrogen and oxygen atoms in total. The van der Waals surface area contributed by atoms with Crippen LogP contribution in [0.25, 0.3) is 0 Å². The van der Waals surface area contributed by atoms with Gasteiger partial charge in [-0.1, -0.05) is 29.3 Å². The second-order valence-electron chi connectivity index (χ2n) is 5.86. The average molecular weight is 429 g/mol. The van der Waals surface area contributed by atoms with E-state index in [4.69, 9.17) is 28.9 Å². The molecule has 0 spiro atoms. The van der Waals surface area contributed by atoms with Crippen molar-refractivity contribution in [2.24, 2.45) is 0 Å². The minimum atomic E-state index is -4.55. The lowest BCUT2D eigenvalue weighted by molar-refractivity contribution is -0.137. The zero-order valence-corrected chi connectivity index (χ0v) is 15.6. The Hall–Kier alpha value is -2.71. The third-order valence-electron chi connectivity index (χ3n) is 3.90. The molecule has 1 amide bonds. The molecule has 2 aromatic carbocycles. The summed E-state index contributed by atoms with van der Waals surface area (Å²) >= 11 is 12.2. The molecule has 4 N–H and O–H groups in total. The Kier molecular flexibility index (Phi) is 5.53. The number of benzene rings is 2. The highest BCUT2D eigenvalue weighted by molar-refractivity contribution is 6.36. The van der Waals surface area contributed by atoms with E-state index in [-0.39, 0.29) is 23.5 Å². The molecule has 0 fully saturated rings. The number of hydrogen-bond acceptors (Lipinski definition) is 3. The smallest absolute Gasteiger partial charge is 0.397 e. The van der Waals surface area contributed by atoms with E-state index >= 15 is 0 Å². The zero-order chi connectivity index (χ0) is 20.5. The molecule has 0 saturated carbocycles. The molecule has 28 heavy (non-hydrogen) atoms. The van der Waals surface area contributed by atoms with Crippen molar-refractivity contribution in [2.45, 2.75) is 12.6 Å². The van der Waals surface area contributed by atoms with Gasteiger partial charge >= 0.3 is 6.18 Å². The van der Waals surface area contributed by atoms with E-state index in [0.717, 1.165) is 18.2 Å². The van der Waals surface area contributed by atoms with Gasteiger partial charge in [0, 0.05) is 22.7 Å². The number of halogens is 5. The van der Waals surface area contributed by atoms with Crippen LogP contribution in [0.15, 0.2) is 42.6 Å². The summed E-state index contributed by atoms with van der Waals surface area (Å²) < 4.78 is 38.5. The predicted octanol–water partition coefficient (Wildman–Crippen LogP) is 5.16. The number of H-pyrrole nitrogens is 1. The number of rotatable bonds is 4. The van der Waals surface area contributed by atoms with E-state index in [1.54, 1.807) is 18.2 Å². The van der Waals surface area contributed by atoms with Gasteiger partial charge in [-0.2, -0.15) is 13.2 Å². The highest BCUT2D eigenvalue weighted by Crippen LogP contribution is 2.33. The molecule has 0 saturated heterocycles. The zero-order valence-electron chi connectivity index (χ0n) is 14.1. The molecule has 10 heteroatoms. The number of nitrogen functional groups attached to an aromatic ring is 1. The minimum Gasteiger partial charge on any atom is -0.397 e. The Bertz CT molecular complexity index is 1010. The van der Waals surface area contributed by atoms with Crippen LogP contribution in [0.2, 0.25) is 10.0 Å². The van der Waals surface area contributed by atoms with Gasteiger partial charge in [0.25, 0.3) is 5.91 Å². The summed E-state index contributed by atoms with van der Waals surface area (Å²) in [4.78, 5) is 19.3. The second-order valence-corrected chi connectivity index (χ2v) is 6.68. The Morgan fingerprint density at radius 1 is 1.18 bits per heavy atom. The molecule has 0 aliphatic heterocycles. The Morgan fingerprint density at radius 2 is 1.86 bits per heavy atom. The van der Waals surface area contributed by atoms with Crippen LogP contribution in [0.3, 0.4) is 0 Å². The number of alkyl halides is 3. The van der Waals surface area contributed by atoms with Crippen molar-refractivity contribution < 1.29 is 18.0 Å². The van der Waals surface area contributed by atoms with E-state index in [9.17, 15) is 18.0 Å². The Labute approximate surface area is 167 Å². The molecule has 0 unspecified atom stereocenters. The minimum absolute atomic E-state index is 0.0000385. The first kappa shape index (κ1) is 20.0. The van der Waals surface area contributed by atoms with Gasteiger partial charge < -0.3 is 16.0 Å². The number of nitrogens with zero attached hydrogens (tertiary/aromatic N) is 1. The van der Waals surface area contributed by atoms with Crippen LogP contribution in [-0.4, -0.2) is 15.9 Å². The number of amides is 1. The van der Waals surface area contributed by atoms with Gasteiger partial charge in [0.15, 0.2) is 0 Å². The average Bonchev–Trinajstić information content (AvgIpc) is 3.08. The summed E-state index contributed by atoms with van der Waals surface area (Å²) in [6, 6.07) is 7.74. The first-order valence-corrected chi connectivity index (χ1v) is 8.66. The topological polar surface area (TPSA) is 83.8 Å². The third kappa shape index (κ3) is 4.40. The molecule has 0 aliphatic carbocycles. The lowest BCUT2D eigenvalue weighted by atomic mass is 10.1. The maximum atomic E-state index is 12.8. The summed E-state index contributed by atoms with van der Waals surface area (Å²) in [5.74, 6) is -0.295. The molecule has 1 heterocycles. The summed E-state index contributed by atoms with van der Waals surface area (Å²) in [5.41, 5.74) is 5.20. The number of carbonyl (C=O) groups excluding carboxylic acids is 1. The van der Waals surface area contributed by atoms with Crippen LogP contribution < -0.4 is 11.1 Å². The SMILES string of the molecule is Nc1ccc(C(F)(F)F)cc1NC(=O)c1c[nH]c(Cc2c(Cl)cccc2Cl)n1. The number of hydrogen-bond donors (Lipinski definition) is 3. The highest BCUT2D eigenvalue weighted by atomic mass is 35.5. The maximum Gasteiger partial charge on any atom is 0.416 e. The van der Waals surface area contributed by atoms with Gasteiger partial charge in [0.1, 0.15) is 11.5 Å². The molecule has 0 atom stereocenters. The number of carbonyl (C=O) groups is 1. The van der Waals surface area contributed by atoms with Crippen molar-refractivity contribution in [1.29, 1.82) is 0 Å². The molecule has 0 aliphatic rings. The lowest BCUT2D eigenvalue weighted by Crippen LogP contribution is -2.15. The molecular weight excluding hydrogens is 416 g/mol. The van der Waals surface area contributed by atoms with Gasteiger partial charge in [-0.05, 0) is 35.9 Å². The van der Waals surface area contributed by atoms with Gasteiger partial charge in [-0.25, -0.2) is 4.98 Å². The summed E-state index contributed by atoms with van der Waals surface area (Å²) in [5, 5.41) is 3.24. The number of imidazole rings is 1. The van der Waals surface area contributed by atoms with Crippen molar-refractivity contribution in [1.82, 2.24) is 9.97 Å². The van der Waals surface area contributed by atoms with Crippen molar-refractivity contribution in [3.05, 3.63) is 75.3 Å². The van der Waals surface area contributed by atoms with Crippen LogP contribution in [0, 0.1) is 0 Å². The summed E-state index contributed by atoms with van der Waals surface area (Å²) in [6.07, 6.45) is -2.97. The van der Waals surface area contributed by atoms with Crippen LogP contribution in [-0.2, 0) is 12.6 Å². The first-order chi connectivity index (χ1) is 13.1. The first-order valence-electron chi connectivity index (χ1n) is 7.90. The summed E-state index contributed by atoms with van der Waals surface area (Å²) in [6.45, 7) is 0. The third-order valence-corrected chi connectivity index (χ3v) is 4.61. The van der Waals surface area contributed by atoms with Gasteiger partial charge in [-0.15, -0.1) is 0 Å². The number of aromatic nitrogens is 2. The van der Waals surface area contributed by atoms with Crippen molar-refractivity contribution >= 4 is 40.5 Å². The van der Waals surface area contributed by atoms with E-state index < -0.39 is 17.6 Å². The van der Waals surface area contributed by atoms with Crippen LogP contribution in [0.5, 0.6) is 0 Å². The molecule has 3 aromatic rings. The fraction of sp³-hybridized carbons (Fsp3) is 0.111. The Morgan fingerprint density at radius 3 is 2.50 bits per heavy atom. The van der Waals surface area contributed by atoms with Gasteiger partial charge in [0.2, 0.25) is 0 Å². The Balaban J connectivity index is 1.78. The van der Waals surface area contributed by atoms with Crippen molar-refractivity contribution in [3.63, 3.8) is 0 Å². The second kappa shape index (κ2) is 7.73. The number of nitrogens with two attached hydrogens (primary N) is 1. The normalized spacial score (nSPS) is 11.5. The molecular formula is C18H13Cl2F3N4O. The molecule has 146 valence electrons. The van der Waals surface area contributed by atoms with E-state index in [0.29, 0.717) is 21.4 Å². The number of anilines is 2. The largest absolute Gasteiger partial charge is 0.416 e. The fourth-order valence-electron chi connectivity index (χ4n) is 2.46.